The van der Waals surface area contributed by atoms with Gasteiger partial charge in [-0.25, -0.2) is 0 Å². The van der Waals surface area contributed by atoms with E-state index in [1.165, 1.54) is 12.8 Å². The number of aryl methyl sites for hydroxylation is 1. The molecule has 6 heteroatoms. The third kappa shape index (κ3) is 4.12. The summed E-state index contributed by atoms with van der Waals surface area (Å²) in [5.41, 5.74) is 2.12. The average Bonchev–Trinajstić information content (AvgIpc) is 3.22. The summed E-state index contributed by atoms with van der Waals surface area (Å²) in [4.78, 5) is 19.2. The van der Waals surface area contributed by atoms with Crippen LogP contribution in [-0.2, 0) is 16.1 Å². The zero-order chi connectivity index (χ0) is 17.9. The van der Waals surface area contributed by atoms with Gasteiger partial charge in [0.15, 0.2) is 0 Å². The maximum Gasteiger partial charge on any atom is 0.244 e. The summed E-state index contributed by atoms with van der Waals surface area (Å²) in [5.74, 6) is 1.40. The van der Waals surface area contributed by atoms with Crippen LogP contribution >= 0.6 is 0 Å². The number of carbonyl (C=O) groups excluding carboxylic acids is 1. The Morgan fingerprint density at radius 1 is 1.27 bits per heavy atom. The highest BCUT2D eigenvalue weighted by atomic mass is 16.5. The minimum atomic E-state index is 0.110. The first-order chi connectivity index (χ1) is 12.7. The van der Waals surface area contributed by atoms with Crippen molar-refractivity contribution in [1.29, 1.82) is 0 Å². The predicted molar refractivity (Wildman–Crippen MR) is 97.6 cm³/mol. The van der Waals surface area contributed by atoms with Gasteiger partial charge in [0, 0.05) is 49.6 Å². The van der Waals surface area contributed by atoms with E-state index in [0.717, 1.165) is 30.3 Å². The van der Waals surface area contributed by atoms with E-state index in [1.807, 2.05) is 36.4 Å². The molecular weight excluding hydrogens is 328 g/mol. The highest BCUT2D eigenvalue weighted by Gasteiger charge is 2.37. The SMILES string of the molecule is Cc1cnn(CC(=O)N2C[C@@H](COCC3CC3)[C@H](c3ccccn3)C2)c1. The first kappa shape index (κ1) is 17.2. The van der Waals surface area contributed by atoms with Crippen molar-refractivity contribution in [2.45, 2.75) is 32.2 Å². The van der Waals surface area contributed by atoms with E-state index in [1.54, 1.807) is 10.9 Å². The Kier molecular flexibility index (Phi) is 5.02. The topological polar surface area (TPSA) is 60.2 Å². The molecule has 2 fully saturated rings. The van der Waals surface area contributed by atoms with Crippen LogP contribution in [-0.4, -0.2) is 51.9 Å². The van der Waals surface area contributed by atoms with Crippen LogP contribution in [0.15, 0.2) is 36.8 Å². The second kappa shape index (κ2) is 7.58. The zero-order valence-corrected chi connectivity index (χ0v) is 15.3. The smallest absolute Gasteiger partial charge is 0.244 e. The Labute approximate surface area is 154 Å². The van der Waals surface area contributed by atoms with E-state index >= 15 is 0 Å². The van der Waals surface area contributed by atoms with Crippen LogP contribution in [0, 0.1) is 18.8 Å². The van der Waals surface area contributed by atoms with Crippen molar-refractivity contribution in [2.24, 2.45) is 11.8 Å². The number of hydrogen-bond acceptors (Lipinski definition) is 4. The number of aromatic nitrogens is 3. The lowest BCUT2D eigenvalue weighted by Crippen LogP contribution is -2.32. The van der Waals surface area contributed by atoms with Crippen molar-refractivity contribution in [3.8, 4) is 0 Å². The highest BCUT2D eigenvalue weighted by Crippen LogP contribution is 2.33. The van der Waals surface area contributed by atoms with Gasteiger partial charge in [-0.2, -0.15) is 5.10 Å². The molecule has 2 atom stereocenters. The molecule has 1 saturated carbocycles. The second-order valence-electron chi connectivity index (χ2n) is 7.62. The van der Waals surface area contributed by atoms with Crippen molar-refractivity contribution in [3.05, 3.63) is 48.0 Å². The summed E-state index contributed by atoms with van der Waals surface area (Å²) >= 11 is 0. The second-order valence-corrected chi connectivity index (χ2v) is 7.62. The molecule has 2 aromatic rings. The number of carbonyl (C=O) groups is 1. The molecule has 6 nitrogen and oxygen atoms in total. The van der Waals surface area contributed by atoms with Gasteiger partial charge in [-0.1, -0.05) is 6.07 Å². The first-order valence-corrected chi connectivity index (χ1v) is 9.44. The number of hydrogen-bond donors (Lipinski definition) is 0. The fourth-order valence-corrected chi connectivity index (χ4v) is 3.64. The monoisotopic (exact) mass is 354 g/mol. The fraction of sp³-hybridized carbons (Fsp3) is 0.550. The molecule has 1 aliphatic carbocycles. The lowest BCUT2D eigenvalue weighted by molar-refractivity contribution is -0.131. The summed E-state index contributed by atoms with van der Waals surface area (Å²) in [6.45, 7) is 5.25. The Balaban J connectivity index is 1.42. The molecule has 0 radical (unpaired) electrons. The van der Waals surface area contributed by atoms with E-state index < -0.39 is 0 Å². The fourth-order valence-electron chi connectivity index (χ4n) is 3.64. The summed E-state index contributed by atoms with van der Waals surface area (Å²) in [7, 11) is 0. The normalized spacial score (nSPS) is 22.7. The Morgan fingerprint density at radius 2 is 2.15 bits per heavy atom. The molecular formula is C20H26N4O2. The minimum absolute atomic E-state index is 0.110. The van der Waals surface area contributed by atoms with Crippen molar-refractivity contribution < 1.29 is 9.53 Å². The average molecular weight is 354 g/mol. The molecule has 138 valence electrons. The van der Waals surface area contributed by atoms with E-state index in [9.17, 15) is 4.79 Å². The maximum atomic E-state index is 12.7. The number of pyridine rings is 1. The van der Waals surface area contributed by atoms with Gasteiger partial charge in [0.05, 0.1) is 12.8 Å². The van der Waals surface area contributed by atoms with Crippen molar-refractivity contribution in [1.82, 2.24) is 19.7 Å². The molecule has 0 bridgehead atoms. The molecule has 0 N–H and O–H groups in total. The van der Waals surface area contributed by atoms with Crippen LogP contribution < -0.4 is 0 Å². The number of ether oxygens (including phenoxy) is 1. The first-order valence-electron chi connectivity index (χ1n) is 9.44. The Morgan fingerprint density at radius 3 is 2.85 bits per heavy atom. The van der Waals surface area contributed by atoms with Gasteiger partial charge < -0.3 is 9.64 Å². The van der Waals surface area contributed by atoms with Crippen LogP contribution in [0.1, 0.15) is 30.0 Å². The molecule has 0 aromatic carbocycles. The summed E-state index contributed by atoms with van der Waals surface area (Å²) in [6.07, 6.45) is 8.10. The summed E-state index contributed by atoms with van der Waals surface area (Å²) in [6, 6.07) is 6.00. The molecule has 1 amide bonds. The standard InChI is InChI=1S/C20H26N4O2/c1-15-8-22-24(9-15)12-20(25)23-10-17(14-26-13-16-5-6-16)18(11-23)19-4-2-3-7-21-19/h2-4,7-9,16-18H,5-6,10-14H2,1H3/t17-,18+/m0/s1. The molecule has 1 saturated heterocycles. The van der Waals surface area contributed by atoms with E-state index in [0.29, 0.717) is 25.6 Å². The van der Waals surface area contributed by atoms with Gasteiger partial charge in [-0.05, 0) is 43.4 Å². The Hall–Kier alpha value is -2.21. The molecule has 1 aliphatic heterocycles. The van der Waals surface area contributed by atoms with Gasteiger partial charge >= 0.3 is 0 Å². The number of rotatable bonds is 7. The van der Waals surface area contributed by atoms with Gasteiger partial charge in [-0.3, -0.25) is 14.5 Å². The van der Waals surface area contributed by atoms with E-state index in [2.05, 4.69) is 16.1 Å². The Bertz CT molecular complexity index is 741. The highest BCUT2D eigenvalue weighted by molar-refractivity contribution is 5.76. The molecule has 0 unspecified atom stereocenters. The van der Waals surface area contributed by atoms with Crippen LogP contribution in [0.3, 0.4) is 0 Å². The van der Waals surface area contributed by atoms with Crippen molar-refractivity contribution in [3.63, 3.8) is 0 Å². The molecule has 2 aromatic heterocycles. The maximum absolute atomic E-state index is 12.7. The van der Waals surface area contributed by atoms with Crippen LogP contribution in [0.5, 0.6) is 0 Å². The molecule has 3 heterocycles. The van der Waals surface area contributed by atoms with Crippen LogP contribution in [0.4, 0.5) is 0 Å². The molecule has 0 spiro atoms. The van der Waals surface area contributed by atoms with Gasteiger partial charge in [0.2, 0.25) is 5.91 Å². The van der Waals surface area contributed by atoms with Gasteiger partial charge in [0.1, 0.15) is 6.54 Å². The van der Waals surface area contributed by atoms with E-state index in [-0.39, 0.29) is 11.8 Å². The van der Waals surface area contributed by atoms with Gasteiger partial charge in [0.25, 0.3) is 0 Å². The summed E-state index contributed by atoms with van der Waals surface area (Å²) < 4.78 is 7.67. The lowest BCUT2D eigenvalue weighted by atomic mass is 9.93. The number of likely N-dealkylation sites (tertiary alicyclic amines) is 1. The van der Waals surface area contributed by atoms with Crippen LogP contribution in [0.2, 0.25) is 0 Å². The van der Waals surface area contributed by atoms with Crippen LogP contribution in [0.25, 0.3) is 0 Å². The third-order valence-electron chi connectivity index (χ3n) is 5.30. The number of nitrogens with zero attached hydrogens (tertiary/aromatic N) is 4. The quantitative estimate of drug-likeness (QED) is 0.765. The van der Waals surface area contributed by atoms with E-state index in [4.69, 9.17) is 4.74 Å². The van der Waals surface area contributed by atoms with Gasteiger partial charge in [-0.15, -0.1) is 0 Å². The van der Waals surface area contributed by atoms with Crippen molar-refractivity contribution >= 4 is 5.91 Å². The summed E-state index contributed by atoms with van der Waals surface area (Å²) in [5, 5.41) is 4.23. The largest absolute Gasteiger partial charge is 0.381 e. The molecule has 26 heavy (non-hydrogen) atoms. The van der Waals surface area contributed by atoms with Crippen molar-refractivity contribution in [2.75, 3.05) is 26.3 Å². The zero-order valence-electron chi connectivity index (χ0n) is 15.3. The lowest BCUT2D eigenvalue weighted by Gasteiger charge is -2.17. The number of amides is 1. The molecule has 4 rings (SSSR count). The minimum Gasteiger partial charge on any atom is -0.381 e. The molecule has 2 aliphatic rings. The third-order valence-corrected chi connectivity index (χ3v) is 5.30. The predicted octanol–water partition coefficient (Wildman–Crippen LogP) is 2.26.